The average Bonchev–Trinajstić information content (AvgIpc) is 2.00. The smallest absolute Gasteiger partial charge is 0.340 e. The molecule has 0 radical (unpaired) electrons. The Morgan fingerprint density at radius 3 is 1.47 bits per heavy atom. The van der Waals surface area contributed by atoms with Gasteiger partial charge in [0.2, 0.25) is 5.60 Å². The van der Waals surface area contributed by atoms with Gasteiger partial charge in [-0.25, -0.2) is 9.68 Å². The summed E-state index contributed by atoms with van der Waals surface area (Å²) in [6.45, 7) is 0. The maximum absolute atomic E-state index is 10.5. The van der Waals surface area contributed by atoms with Crippen molar-refractivity contribution < 1.29 is 39.8 Å². The normalized spacial score (nSPS) is 10.2. The molecule has 0 aromatic heterocycles. The summed E-state index contributed by atoms with van der Waals surface area (Å²) in [6, 6.07) is 0. The number of carboxylic acids is 3. The Balaban J connectivity index is 0. The molecule has 0 amide bonds. The summed E-state index contributed by atoms with van der Waals surface area (Å²) in [7, 11) is 0. The summed E-state index contributed by atoms with van der Waals surface area (Å²) in [6.07, 6.45) is -2.30. The van der Waals surface area contributed by atoms with Crippen molar-refractivity contribution >= 4 is 17.9 Å². The topological polar surface area (TPSA) is 176 Å². The minimum Gasteiger partial charge on any atom is -0.481 e. The molecule has 9 heteroatoms. The Kier molecular flexibility index (Phi) is 6.20. The van der Waals surface area contributed by atoms with Gasteiger partial charge in [0.25, 0.3) is 0 Å². The Bertz CT molecular complexity index is 246. The van der Waals surface area contributed by atoms with Crippen LogP contribution in [-0.4, -0.2) is 44.1 Å². The highest BCUT2D eigenvalue weighted by molar-refractivity contribution is 5.88. The van der Waals surface area contributed by atoms with E-state index in [0.717, 1.165) is 0 Å². The van der Waals surface area contributed by atoms with Crippen LogP contribution in [0.5, 0.6) is 0 Å². The van der Waals surface area contributed by atoms with E-state index < -0.39 is 36.4 Å². The van der Waals surface area contributed by atoms with Gasteiger partial charge >= 0.3 is 17.9 Å². The van der Waals surface area contributed by atoms with Crippen LogP contribution in [0.4, 0.5) is 0 Å². The Morgan fingerprint density at radius 2 is 1.33 bits per heavy atom. The van der Waals surface area contributed by atoms with Crippen LogP contribution >= 0.6 is 0 Å². The molecule has 0 aliphatic carbocycles. The lowest BCUT2D eigenvalue weighted by Gasteiger charge is -2.21. The number of hydrogen-bond donors (Lipinski definition) is 5. The summed E-state index contributed by atoms with van der Waals surface area (Å²) in [5, 5.41) is 33.3. The van der Waals surface area contributed by atoms with Crippen LogP contribution in [0.3, 0.4) is 0 Å². The zero-order chi connectivity index (χ0) is 11.4. The first-order valence-corrected chi connectivity index (χ1v) is 3.33. The molecule has 7 N–H and O–H groups in total. The van der Waals surface area contributed by atoms with Gasteiger partial charge in [0.15, 0.2) is 0 Å². The minimum atomic E-state index is -2.64. The van der Waals surface area contributed by atoms with Crippen LogP contribution in [0.2, 0.25) is 0 Å². The van der Waals surface area contributed by atoms with E-state index in [1.165, 1.54) is 0 Å². The van der Waals surface area contributed by atoms with Crippen molar-refractivity contribution in [2.24, 2.45) is 0 Å². The lowest BCUT2D eigenvalue weighted by atomic mass is 9.96. The average molecular weight is 225 g/mol. The van der Waals surface area contributed by atoms with Gasteiger partial charge in [-0.05, 0) is 0 Å². The number of hydrogen-bond acceptors (Lipinski definition) is 6. The fourth-order valence-corrected chi connectivity index (χ4v) is 0.806. The van der Waals surface area contributed by atoms with Crippen LogP contribution in [-0.2, 0) is 19.3 Å². The van der Waals surface area contributed by atoms with Gasteiger partial charge in [0, 0.05) is 0 Å². The molecule has 0 unspecified atom stereocenters. The second-order valence-corrected chi connectivity index (χ2v) is 2.53. The van der Waals surface area contributed by atoms with Gasteiger partial charge in [0.1, 0.15) is 0 Å². The molecule has 0 aromatic carbocycles. The first-order valence-electron chi connectivity index (χ1n) is 3.33. The molecule has 0 spiro atoms. The summed E-state index contributed by atoms with van der Waals surface area (Å²) in [5.74, 6) is -5.05. The highest BCUT2D eigenvalue weighted by atomic mass is 17.1. The van der Waals surface area contributed by atoms with E-state index in [1.807, 2.05) is 0 Å². The first-order chi connectivity index (χ1) is 6.34. The van der Waals surface area contributed by atoms with Gasteiger partial charge in [-0.1, -0.05) is 0 Å². The SMILES string of the molecule is N.O=C(O)CC(CC(=O)O)(OO)C(=O)O. The third kappa shape index (κ3) is 4.35. The second-order valence-electron chi connectivity index (χ2n) is 2.53. The van der Waals surface area contributed by atoms with E-state index in [-0.39, 0.29) is 6.15 Å². The molecule has 0 fully saturated rings. The molecular formula is C6H11NO8. The molecule has 0 saturated carbocycles. The summed E-state index contributed by atoms with van der Waals surface area (Å²) in [4.78, 5) is 34.4. The zero-order valence-electron chi connectivity index (χ0n) is 7.54. The van der Waals surface area contributed by atoms with Crippen molar-refractivity contribution in [1.29, 1.82) is 0 Å². The maximum Gasteiger partial charge on any atom is 0.340 e. The van der Waals surface area contributed by atoms with Crippen LogP contribution in [0.15, 0.2) is 0 Å². The zero-order valence-corrected chi connectivity index (χ0v) is 7.54. The molecule has 0 aromatic rings. The van der Waals surface area contributed by atoms with E-state index in [9.17, 15) is 14.4 Å². The largest absolute Gasteiger partial charge is 0.481 e. The Labute approximate surface area is 83.4 Å². The number of carbonyl (C=O) groups is 3. The number of rotatable bonds is 6. The highest BCUT2D eigenvalue weighted by Gasteiger charge is 2.45. The van der Waals surface area contributed by atoms with Gasteiger partial charge < -0.3 is 21.5 Å². The minimum absolute atomic E-state index is 0. The predicted octanol–water partition coefficient (Wildman–Crippen LogP) is -0.589. The molecule has 15 heavy (non-hydrogen) atoms. The van der Waals surface area contributed by atoms with E-state index in [0.29, 0.717) is 0 Å². The van der Waals surface area contributed by atoms with E-state index in [2.05, 4.69) is 4.89 Å². The maximum atomic E-state index is 10.5. The Hall–Kier alpha value is -1.71. The van der Waals surface area contributed by atoms with Crippen molar-refractivity contribution in [2.45, 2.75) is 18.4 Å². The summed E-state index contributed by atoms with van der Waals surface area (Å²) in [5.41, 5.74) is -2.64. The van der Waals surface area contributed by atoms with E-state index in [4.69, 9.17) is 20.6 Å². The highest BCUT2D eigenvalue weighted by Crippen LogP contribution is 2.20. The summed E-state index contributed by atoms with van der Waals surface area (Å²) < 4.78 is 0. The molecule has 0 rings (SSSR count). The first kappa shape index (κ1) is 15.7. The third-order valence-electron chi connectivity index (χ3n) is 1.44. The van der Waals surface area contributed by atoms with Crippen molar-refractivity contribution in [3.8, 4) is 0 Å². The van der Waals surface area contributed by atoms with Crippen molar-refractivity contribution in [2.75, 3.05) is 0 Å². The molecular weight excluding hydrogens is 214 g/mol. The molecule has 0 aliphatic rings. The molecule has 0 heterocycles. The molecule has 0 saturated heterocycles. The van der Waals surface area contributed by atoms with Crippen LogP contribution in [0.25, 0.3) is 0 Å². The quantitative estimate of drug-likeness (QED) is 0.292. The molecule has 0 bridgehead atoms. The van der Waals surface area contributed by atoms with Crippen molar-refractivity contribution in [3.05, 3.63) is 0 Å². The van der Waals surface area contributed by atoms with Crippen molar-refractivity contribution in [3.63, 3.8) is 0 Å². The monoisotopic (exact) mass is 225 g/mol. The van der Waals surface area contributed by atoms with Gasteiger partial charge in [0.05, 0.1) is 12.8 Å². The van der Waals surface area contributed by atoms with Gasteiger partial charge in [-0.2, -0.15) is 0 Å². The lowest BCUT2D eigenvalue weighted by molar-refractivity contribution is -0.318. The predicted molar refractivity (Wildman–Crippen MR) is 43.6 cm³/mol. The Morgan fingerprint density at radius 1 is 1.00 bits per heavy atom. The van der Waals surface area contributed by atoms with E-state index in [1.54, 1.807) is 0 Å². The molecule has 0 aliphatic heterocycles. The van der Waals surface area contributed by atoms with Crippen molar-refractivity contribution in [1.82, 2.24) is 6.15 Å². The van der Waals surface area contributed by atoms with Gasteiger partial charge in [-0.15, -0.1) is 0 Å². The van der Waals surface area contributed by atoms with Crippen LogP contribution in [0.1, 0.15) is 12.8 Å². The van der Waals surface area contributed by atoms with Crippen LogP contribution in [0, 0.1) is 0 Å². The fourth-order valence-electron chi connectivity index (χ4n) is 0.806. The van der Waals surface area contributed by atoms with Crippen LogP contribution < -0.4 is 6.15 Å². The van der Waals surface area contributed by atoms with Gasteiger partial charge in [-0.3, -0.25) is 14.8 Å². The second kappa shape index (κ2) is 5.90. The summed E-state index contributed by atoms with van der Waals surface area (Å²) >= 11 is 0. The molecule has 88 valence electrons. The fraction of sp³-hybridized carbons (Fsp3) is 0.500. The molecule has 0 atom stereocenters. The third-order valence-corrected chi connectivity index (χ3v) is 1.44. The lowest BCUT2D eigenvalue weighted by Crippen LogP contribution is -2.44. The standard InChI is InChI=1S/C6H8O8.H3N/c7-3(8)1-6(14-13,5(11)12)2-4(9)10;/h13H,1-2H2,(H,7,8)(H,9,10)(H,11,12);1H3. The molecule has 9 nitrogen and oxygen atoms in total. The number of aliphatic carboxylic acids is 3. The number of carboxylic acid groups (broad SMARTS) is 3. The van der Waals surface area contributed by atoms with E-state index >= 15 is 0 Å².